The first-order valence-corrected chi connectivity index (χ1v) is 6.22. The third kappa shape index (κ3) is 4.40. The quantitative estimate of drug-likeness (QED) is 0.744. The van der Waals surface area contributed by atoms with Crippen LogP contribution in [0.1, 0.15) is 12.8 Å². The van der Waals surface area contributed by atoms with E-state index in [1.807, 2.05) is 0 Å². The van der Waals surface area contributed by atoms with Gasteiger partial charge >= 0.3 is 0 Å². The summed E-state index contributed by atoms with van der Waals surface area (Å²) in [6, 6.07) is 6.60. The second-order valence-electron chi connectivity index (χ2n) is 4.31. The molecule has 1 atom stereocenters. The van der Waals surface area contributed by atoms with E-state index in [0.29, 0.717) is 37.4 Å². The van der Waals surface area contributed by atoms with E-state index in [9.17, 15) is 9.59 Å². The number of carbonyl (C=O) groups excluding carboxylic acids is 2. The molecular formula is C13H18ClN3O3. The predicted molar refractivity (Wildman–Crippen MR) is 78.0 cm³/mol. The number of anilines is 1. The lowest BCUT2D eigenvalue weighted by Crippen LogP contribution is -2.37. The van der Waals surface area contributed by atoms with Crippen molar-refractivity contribution in [1.82, 2.24) is 5.32 Å². The van der Waals surface area contributed by atoms with Crippen LogP contribution >= 0.6 is 12.4 Å². The zero-order valence-corrected chi connectivity index (χ0v) is 11.7. The summed E-state index contributed by atoms with van der Waals surface area (Å²) < 4.78 is 5.33. The number of benzene rings is 1. The molecule has 1 aromatic carbocycles. The molecule has 0 bridgehead atoms. The zero-order chi connectivity index (χ0) is 13.7. The molecule has 110 valence electrons. The van der Waals surface area contributed by atoms with Crippen LogP contribution in [0.5, 0.6) is 5.75 Å². The number of amides is 2. The van der Waals surface area contributed by atoms with E-state index in [2.05, 4.69) is 10.6 Å². The molecule has 0 aliphatic carbocycles. The summed E-state index contributed by atoms with van der Waals surface area (Å²) in [5.74, 6) is 0.435. The number of hydrogen-bond donors (Lipinski definition) is 3. The number of hydrogen-bond acceptors (Lipinski definition) is 4. The van der Waals surface area contributed by atoms with Crippen LogP contribution in [0, 0.1) is 0 Å². The standard InChI is InChI=1S/C13H17N3O3.ClH/c14-7-8-19-10-3-1-9(2-4-10)15-13(18)11-5-6-12(17)16-11;/h1-4,11H,5-8,14H2,(H,15,18)(H,16,17);1H/t11-;/m0./s1. The zero-order valence-electron chi connectivity index (χ0n) is 10.9. The molecule has 4 N–H and O–H groups in total. The second kappa shape index (κ2) is 7.72. The molecule has 0 aromatic heterocycles. The average molecular weight is 300 g/mol. The van der Waals surface area contributed by atoms with Crippen molar-refractivity contribution in [2.75, 3.05) is 18.5 Å². The first-order chi connectivity index (χ1) is 9.19. The summed E-state index contributed by atoms with van der Waals surface area (Å²) in [7, 11) is 0. The van der Waals surface area contributed by atoms with E-state index in [1.54, 1.807) is 24.3 Å². The highest BCUT2D eigenvalue weighted by molar-refractivity contribution is 5.98. The SMILES string of the molecule is Cl.NCCOc1ccc(NC(=O)[C@@H]2CCC(=O)N2)cc1. The number of nitrogens with one attached hydrogen (secondary N) is 2. The van der Waals surface area contributed by atoms with Gasteiger partial charge in [0, 0.05) is 18.7 Å². The Bertz CT molecular complexity index is 464. The lowest BCUT2D eigenvalue weighted by molar-refractivity contribution is -0.122. The topological polar surface area (TPSA) is 93.4 Å². The van der Waals surface area contributed by atoms with Gasteiger partial charge in [-0.1, -0.05) is 0 Å². The molecule has 1 aliphatic heterocycles. The summed E-state index contributed by atoms with van der Waals surface area (Å²) in [6.45, 7) is 0.916. The summed E-state index contributed by atoms with van der Waals surface area (Å²) >= 11 is 0. The van der Waals surface area contributed by atoms with E-state index in [-0.39, 0.29) is 24.2 Å². The number of nitrogens with two attached hydrogens (primary N) is 1. The van der Waals surface area contributed by atoms with Crippen molar-refractivity contribution < 1.29 is 14.3 Å². The fourth-order valence-electron chi connectivity index (χ4n) is 1.85. The lowest BCUT2D eigenvalue weighted by atomic mass is 10.2. The van der Waals surface area contributed by atoms with Crippen molar-refractivity contribution in [2.45, 2.75) is 18.9 Å². The van der Waals surface area contributed by atoms with Crippen molar-refractivity contribution >= 4 is 29.9 Å². The van der Waals surface area contributed by atoms with Crippen LogP contribution in [0.4, 0.5) is 5.69 Å². The van der Waals surface area contributed by atoms with Gasteiger partial charge < -0.3 is 21.1 Å². The van der Waals surface area contributed by atoms with E-state index in [1.165, 1.54) is 0 Å². The van der Waals surface area contributed by atoms with Crippen molar-refractivity contribution in [3.05, 3.63) is 24.3 Å². The molecule has 20 heavy (non-hydrogen) atoms. The number of carbonyl (C=O) groups is 2. The molecule has 1 aromatic rings. The maximum atomic E-state index is 11.8. The van der Waals surface area contributed by atoms with Gasteiger partial charge in [0.15, 0.2) is 0 Å². The van der Waals surface area contributed by atoms with Crippen molar-refractivity contribution in [2.24, 2.45) is 5.73 Å². The Balaban J connectivity index is 0.00000200. The highest BCUT2D eigenvalue weighted by Gasteiger charge is 2.26. The van der Waals surface area contributed by atoms with Gasteiger partial charge in [-0.25, -0.2) is 0 Å². The third-order valence-electron chi connectivity index (χ3n) is 2.82. The van der Waals surface area contributed by atoms with E-state index in [0.717, 1.165) is 0 Å². The van der Waals surface area contributed by atoms with E-state index in [4.69, 9.17) is 10.5 Å². The van der Waals surface area contributed by atoms with Crippen LogP contribution in [0.2, 0.25) is 0 Å². The van der Waals surface area contributed by atoms with Gasteiger partial charge in [-0.3, -0.25) is 9.59 Å². The fourth-order valence-corrected chi connectivity index (χ4v) is 1.85. The average Bonchev–Trinajstić information content (AvgIpc) is 2.85. The lowest BCUT2D eigenvalue weighted by Gasteiger charge is -2.11. The Morgan fingerprint density at radius 2 is 2.10 bits per heavy atom. The summed E-state index contributed by atoms with van der Waals surface area (Å²) in [4.78, 5) is 22.9. The van der Waals surface area contributed by atoms with Crippen molar-refractivity contribution in [3.8, 4) is 5.75 Å². The van der Waals surface area contributed by atoms with E-state index < -0.39 is 6.04 Å². The highest BCUT2D eigenvalue weighted by Crippen LogP contribution is 2.16. The van der Waals surface area contributed by atoms with Gasteiger partial charge in [0.1, 0.15) is 18.4 Å². The molecule has 1 heterocycles. The Kier molecular flexibility index (Phi) is 6.27. The minimum Gasteiger partial charge on any atom is -0.492 e. The van der Waals surface area contributed by atoms with Crippen LogP contribution in [0.3, 0.4) is 0 Å². The molecule has 7 heteroatoms. The predicted octanol–water partition coefficient (Wildman–Crippen LogP) is 0.663. The van der Waals surface area contributed by atoms with Gasteiger partial charge in [0.25, 0.3) is 0 Å². The van der Waals surface area contributed by atoms with Gasteiger partial charge in [-0.05, 0) is 30.7 Å². The van der Waals surface area contributed by atoms with Crippen molar-refractivity contribution in [1.29, 1.82) is 0 Å². The van der Waals surface area contributed by atoms with Gasteiger partial charge in [-0.2, -0.15) is 0 Å². The molecule has 0 spiro atoms. The normalized spacial score (nSPS) is 17.1. The highest BCUT2D eigenvalue weighted by atomic mass is 35.5. The van der Waals surface area contributed by atoms with Crippen LogP contribution in [-0.4, -0.2) is 31.0 Å². The van der Waals surface area contributed by atoms with Crippen LogP contribution in [0.15, 0.2) is 24.3 Å². The minimum absolute atomic E-state index is 0. The van der Waals surface area contributed by atoms with Crippen LogP contribution in [0.25, 0.3) is 0 Å². The number of rotatable bonds is 5. The Morgan fingerprint density at radius 3 is 2.65 bits per heavy atom. The van der Waals surface area contributed by atoms with Crippen LogP contribution < -0.4 is 21.1 Å². The fraction of sp³-hybridized carbons (Fsp3) is 0.385. The second-order valence-corrected chi connectivity index (χ2v) is 4.31. The van der Waals surface area contributed by atoms with Gasteiger partial charge in [-0.15, -0.1) is 12.4 Å². The molecule has 0 unspecified atom stereocenters. The van der Waals surface area contributed by atoms with E-state index >= 15 is 0 Å². The molecule has 6 nitrogen and oxygen atoms in total. The first-order valence-electron chi connectivity index (χ1n) is 6.22. The number of halogens is 1. The summed E-state index contributed by atoms with van der Waals surface area (Å²) in [5.41, 5.74) is 6.01. The third-order valence-corrected chi connectivity index (χ3v) is 2.82. The Morgan fingerprint density at radius 1 is 1.40 bits per heavy atom. The summed E-state index contributed by atoms with van der Waals surface area (Å²) in [5, 5.41) is 5.38. The molecule has 0 radical (unpaired) electrons. The molecule has 2 rings (SSSR count). The molecule has 1 saturated heterocycles. The van der Waals surface area contributed by atoms with Crippen LogP contribution in [-0.2, 0) is 9.59 Å². The molecular weight excluding hydrogens is 282 g/mol. The molecule has 1 aliphatic rings. The molecule has 0 saturated carbocycles. The molecule has 2 amide bonds. The minimum atomic E-state index is -0.430. The summed E-state index contributed by atoms with van der Waals surface area (Å²) in [6.07, 6.45) is 0.951. The van der Waals surface area contributed by atoms with Gasteiger partial charge in [0.2, 0.25) is 11.8 Å². The monoisotopic (exact) mass is 299 g/mol. The maximum absolute atomic E-state index is 11.8. The maximum Gasteiger partial charge on any atom is 0.246 e. The Hall–Kier alpha value is -1.79. The number of ether oxygens (including phenoxy) is 1. The first kappa shape index (κ1) is 16.3. The Labute approximate surface area is 123 Å². The largest absolute Gasteiger partial charge is 0.492 e. The molecule has 1 fully saturated rings. The van der Waals surface area contributed by atoms with Gasteiger partial charge in [0.05, 0.1) is 0 Å². The smallest absolute Gasteiger partial charge is 0.246 e. The van der Waals surface area contributed by atoms with Crippen molar-refractivity contribution in [3.63, 3.8) is 0 Å².